The van der Waals surface area contributed by atoms with E-state index >= 15 is 0 Å². The third-order valence-corrected chi connectivity index (χ3v) is 2.80. The number of nitrogens with one attached hydrogen (secondary N) is 2. The second-order valence-corrected chi connectivity index (χ2v) is 4.48. The Morgan fingerprint density at radius 1 is 1.21 bits per heavy atom. The maximum absolute atomic E-state index is 11.8. The van der Waals surface area contributed by atoms with Crippen molar-refractivity contribution < 1.29 is 19.5 Å². The molecule has 0 fully saturated rings. The molecule has 0 radical (unpaired) electrons. The highest BCUT2D eigenvalue weighted by Gasteiger charge is 2.24. The summed E-state index contributed by atoms with van der Waals surface area (Å²) < 4.78 is 0. The summed E-state index contributed by atoms with van der Waals surface area (Å²) in [6.07, 6.45) is 1.61. The third kappa shape index (κ3) is 7.68. The van der Waals surface area contributed by atoms with Gasteiger partial charge in [0.1, 0.15) is 12.1 Å². The summed E-state index contributed by atoms with van der Waals surface area (Å²) in [6, 6.07) is -1.81. The van der Waals surface area contributed by atoms with Gasteiger partial charge in [-0.25, -0.2) is 4.79 Å². The first-order valence-electron chi connectivity index (χ1n) is 6.03. The fraction of sp³-hybridized carbons (Fsp3) is 0.727. The first-order valence-corrected chi connectivity index (χ1v) is 6.66. The summed E-state index contributed by atoms with van der Waals surface area (Å²) in [5, 5.41) is 13.8. The van der Waals surface area contributed by atoms with Crippen molar-refractivity contribution in [2.75, 3.05) is 12.3 Å². The van der Waals surface area contributed by atoms with Gasteiger partial charge >= 0.3 is 5.97 Å². The first kappa shape index (κ1) is 17.7. The average Bonchev–Trinajstić information content (AvgIpc) is 2.34. The SMILES string of the molecule is CC(=O)N[C@H](CS)C(=O)N[C@H](CCCCN)C(=O)O. The molecule has 19 heavy (non-hydrogen) atoms. The molecule has 0 spiro atoms. The minimum Gasteiger partial charge on any atom is -0.480 e. The summed E-state index contributed by atoms with van der Waals surface area (Å²) in [4.78, 5) is 33.7. The normalized spacial score (nSPS) is 13.4. The zero-order valence-corrected chi connectivity index (χ0v) is 11.8. The highest BCUT2D eigenvalue weighted by atomic mass is 32.1. The Balaban J connectivity index is 4.43. The van der Waals surface area contributed by atoms with Crippen molar-refractivity contribution in [2.45, 2.75) is 38.3 Å². The summed E-state index contributed by atoms with van der Waals surface area (Å²) in [5.74, 6) is -1.93. The molecule has 110 valence electrons. The summed E-state index contributed by atoms with van der Waals surface area (Å²) in [6.45, 7) is 1.76. The number of amides is 2. The lowest BCUT2D eigenvalue weighted by molar-refractivity contribution is -0.142. The molecule has 0 heterocycles. The van der Waals surface area contributed by atoms with E-state index in [0.717, 1.165) is 0 Å². The molecule has 0 aromatic rings. The quantitative estimate of drug-likeness (QED) is 0.279. The van der Waals surface area contributed by atoms with Gasteiger partial charge in [0.25, 0.3) is 0 Å². The standard InChI is InChI=1S/C11H21N3O4S/c1-7(15)13-9(6-19)10(16)14-8(11(17)18)4-2-3-5-12/h8-9,19H,2-6,12H2,1H3,(H,13,15)(H,14,16)(H,17,18)/t8-,9-/m1/s1. The highest BCUT2D eigenvalue weighted by molar-refractivity contribution is 7.80. The van der Waals surface area contributed by atoms with E-state index < -0.39 is 24.0 Å². The summed E-state index contributed by atoms with van der Waals surface area (Å²) in [5.41, 5.74) is 5.32. The van der Waals surface area contributed by atoms with Crippen LogP contribution >= 0.6 is 12.6 Å². The van der Waals surface area contributed by atoms with Gasteiger partial charge in [-0.2, -0.15) is 12.6 Å². The summed E-state index contributed by atoms with van der Waals surface area (Å²) in [7, 11) is 0. The fourth-order valence-electron chi connectivity index (χ4n) is 1.46. The molecule has 0 bridgehead atoms. The van der Waals surface area contributed by atoms with E-state index in [1.165, 1.54) is 6.92 Å². The van der Waals surface area contributed by atoms with E-state index in [9.17, 15) is 14.4 Å². The Hall–Kier alpha value is -1.28. The van der Waals surface area contributed by atoms with E-state index in [-0.39, 0.29) is 11.7 Å². The van der Waals surface area contributed by atoms with Crippen LogP contribution < -0.4 is 16.4 Å². The zero-order valence-electron chi connectivity index (χ0n) is 10.9. The number of hydrogen-bond donors (Lipinski definition) is 5. The number of hydrogen-bond acceptors (Lipinski definition) is 5. The monoisotopic (exact) mass is 291 g/mol. The topological polar surface area (TPSA) is 122 Å². The molecule has 0 saturated heterocycles. The molecule has 0 aromatic carbocycles. The Morgan fingerprint density at radius 3 is 2.26 bits per heavy atom. The molecule has 0 aliphatic heterocycles. The predicted octanol–water partition coefficient (Wildman–Crippen LogP) is -0.881. The van der Waals surface area contributed by atoms with Crippen molar-refractivity contribution in [3.8, 4) is 0 Å². The van der Waals surface area contributed by atoms with Crippen molar-refractivity contribution in [3.05, 3.63) is 0 Å². The van der Waals surface area contributed by atoms with Crippen LogP contribution in [-0.4, -0.2) is 47.3 Å². The minimum absolute atomic E-state index is 0.0978. The first-order chi connectivity index (χ1) is 8.92. The lowest BCUT2D eigenvalue weighted by atomic mass is 10.1. The Morgan fingerprint density at radius 2 is 1.84 bits per heavy atom. The Bertz CT molecular complexity index is 325. The van der Waals surface area contributed by atoms with Crippen LogP contribution in [-0.2, 0) is 14.4 Å². The van der Waals surface area contributed by atoms with E-state index in [4.69, 9.17) is 10.8 Å². The molecular weight excluding hydrogens is 270 g/mol. The van der Waals surface area contributed by atoms with Gasteiger partial charge in [0.2, 0.25) is 11.8 Å². The second-order valence-electron chi connectivity index (χ2n) is 4.12. The number of carbonyl (C=O) groups is 3. The lowest BCUT2D eigenvalue weighted by Crippen LogP contribution is -2.52. The van der Waals surface area contributed by atoms with Crippen molar-refractivity contribution in [3.63, 3.8) is 0 Å². The lowest BCUT2D eigenvalue weighted by Gasteiger charge is -2.19. The molecule has 0 aliphatic rings. The molecule has 8 heteroatoms. The van der Waals surface area contributed by atoms with Crippen molar-refractivity contribution in [1.29, 1.82) is 0 Å². The van der Waals surface area contributed by atoms with Gasteiger partial charge < -0.3 is 21.5 Å². The number of carboxylic acid groups (broad SMARTS) is 1. The summed E-state index contributed by atoms with van der Waals surface area (Å²) >= 11 is 3.95. The van der Waals surface area contributed by atoms with Gasteiger partial charge in [0.05, 0.1) is 0 Å². The van der Waals surface area contributed by atoms with Gasteiger partial charge in [0, 0.05) is 12.7 Å². The maximum Gasteiger partial charge on any atom is 0.326 e. The third-order valence-electron chi connectivity index (χ3n) is 2.44. The van der Waals surface area contributed by atoms with Crippen LogP contribution in [0.4, 0.5) is 0 Å². The van der Waals surface area contributed by atoms with Crippen LogP contribution in [0.3, 0.4) is 0 Å². The number of unbranched alkanes of at least 4 members (excludes halogenated alkanes) is 1. The predicted molar refractivity (Wildman–Crippen MR) is 73.9 cm³/mol. The zero-order chi connectivity index (χ0) is 14.8. The molecule has 0 aliphatic carbocycles. The van der Waals surface area contributed by atoms with Crippen molar-refractivity contribution in [2.24, 2.45) is 5.73 Å². The van der Waals surface area contributed by atoms with Gasteiger partial charge in [0.15, 0.2) is 0 Å². The molecular formula is C11H21N3O4S. The maximum atomic E-state index is 11.8. The molecule has 0 saturated carbocycles. The molecule has 0 rings (SSSR count). The fourth-order valence-corrected chi connectivity index (χ4v) is 1.72. The van der Waals surface area contributed by atoms with Crippen LogP contribution in [0.15, 0.2) is 0 Å². The number of carbonyl (C=O) groups excluding carboxylic acids is 2. The number of aliphatic carboxylic acids is 1. The number of thiol groups is 1. The molecule has 0 unspecified atom stereocenters. The molecule has 7 nitrogen and oxygen atoms in total. The van der Waals surface area contributed by atoms with Gasteiger partial charge in [-0.3, -0.25) is 9.59 Å². The minimum atomic E-state index is -1.11. The number of nitrogens with two attached hydrogens (primary N) is 1. The highest BCUT2D eigenvalue weighted by Crippen LogP contribution is 2.02. The van der Waals surface area contributed by atoms with Crippen LogP contribution in [0, 0.1) is 0 Å². The Labute approximate surface area is 117 Å². The molecule has 0 aromatic heterocycles. The smallest absolute Gasteiger partial charge is 0.326 e. The molecule has 2 amide bonds. The van der Waals surface area contributed by atoms with E-state index in [0.29, 0.717) is 25.8 Å². The van der Waals surface area contributed by atoms with Crippen LogP contribution in [0.25, 0.3) is 0 Å². The average molecular weight is 291 g/mol. The largest absolute Gasteiger partial charge is 0.480 e. The van der Waals surface area contributed by atoms with Gasteiger partial charge in [-0.15, -0.1) is 0 Å². The Kier molecular flexibility index (Phi) is 8.98. The number of carboxylic acids is 1. The van der Waals surface area contributed by atoms with Crippen molar-refractivity contribution >= 4 is 30.4 Å². The van der Waals surface area contributed by atoms with E-state index in [2.05, 4.69) is 23.3 Å². The van der Waals surface area contributed by atoms with E-state index in [1.807, 2.05) is 0 Å². The van der Waals surface area contributed by atoms with Gasteiger partial charge in [-0.05, 0) is 25.8 Å². The molecule has 5 N–H and O–H groups in total. The van der Waals surface area contributed by atoms with Crippen LogP contribution in [0.5, 0.6) is 0 Å². The second kappa shape index (κ2) is 9.62. The number of rotatable bonds is 9. The molecule has 2 atom stereocenters. The van der Waals surface area contributed by atoms with Gasteiger partial charge in [-0.1, -0.05) is 0 Å². The van der Waals surface area contributed by atoms with Crippen molar-refractivity contribution in [1.82, 2.24) is 10.6 Å². The van der Waals surface area contributed by atoms with Crippen LogP contribution in [0.2, 0.25) is 0 Å². The van der Waals surface area contributed by atoms with Crippen LogP contribution in [0.1, 0.15) is 26.2 Å². The van der Waals surface area contributed by atoms with E-state index in [1.54, 1.807) is 0 Å².